The summed E-state index contributed by atoms with van der Waals surface area (Å²) in [4.78, 5) is 2.45. The van der Waals surface area contributed by atoms with Gasteiger partial charge in [-0.15, -0.1) is 0 Å². The standard InChI is InChI=1S/C15H23NO3S/c1-12-4-10-15(11-5-12)20(17,18)19-14-8-6-13(7-9-14)16(2)3/h4-5,10-11,13-14H,6-9H2,1-3H3. The highest BCUT2D eigenvalue weighted by Gasteiger charge is 2.27. The van der Waals surface area contributed by atoms with Gasteiger partial charge in [-0.2, -0.15) is 8.42 Å². The zero-order valence-corrected chi connectivity index (χ0v) is 13.2. The van der Waals surface area contributed by atoms with Crippen molar-refractivity contribution in [2.75, 3.05) is 14.1 Å². The maximum absolute atomic E-state index is 12.2. The molecule has 0 amide bonds. The van der Waals surface area contributed by atoms with Crippen LogP contribution in [0.2, 0.25) is 0 Å². The van der Waals surface area contributed by atoms with Crippen molar-refractivity contribution in [1.82, 2.24) is 4.90 Å². The summed E-state index contributed by atoms with van der Waals surface area (Å²) in [6.07, 6.45) is 3.39. The molecule has 0 spiro atoms. The lowest BCUT2D eigenvalue weighted by atomic mass is 9.92. The summed E-state index contributed by atoms with van der Waals surface area (Å²) in [5, 5.41) is 0. The van der Waals surface area contributed by atoms with E-state index in [-0.39, 0.29) is 11.0 Å². The summed E-state index contributed by atoms with van der Waals surface area (Å²) in [5.74, 6) is 0. The quantitative estimate of drug-likeness (QED) is 0.801. The van der Waals surface area contributed by atoms with Crippen LogP contribution in [-0.4, -0.2) is 39.6 Å². The predicted octanol–water partition coefficient (Wildman–Crippen LogP) is 2.57. The molecule has 1 saturated carbocycles. The van der Waals surface area contributed by atoms with Crippen LogP contribution in [0.3, 0.4) is 0 Å². The van der Waals surface area contributed by atoms with E-state index < -0.39 is 10.1 Å². The SMILES string of the molecule is Cc1ccc(S(=O)(=O)OC2CCC(N(C)C)CC2)cc1. The van der Waals surface area contributed by atoms with Crippen molar-refractivity contribution in [3.8, 4) is 0 Å². The van der Waals surface area contributed by atoms with Crippen LogP contribution < -0.4 is 0 Å². The van der Waals surface area contributed by atoms with Crippen molar-refractivity contribution < 1.29 is 12.6 Å². The molecule has 1 fully saturated rings. The van der Waals surface area contributed by atoms with Crippen molar-refractivity contribution >= 4 is 10.1 Å². The molecule has 2 rings (SSSR count). The van der Waals surface area contributed by atoms with Gasteiger partial charge in [0.25, 0.3) is 10.1 Å². The van der Waals surface area contributed by atoms with Crippen LogP contribution in [0.5, 0.6) is 0 Å². The lowest BCUT2D eigenvalue weighted by molar-refractivity contribution is 0.116. The van der Waals surface area contributed by atoms with Gasteiger partial charge >= 0.3 is 0 Å². The summed E-state index contributed by atoms with van der Waals surface area (Å²) in [5.41, 5.74) is 1.04. The molecule has 0 N–H and O–H groups in total. The summed E-state index contributed by atoms with van der Waals surface area (Å²) < 4.78 is 29.8. The first-order valence-corrected chi connectivity index (χ1v) is 8.46. The Morgan fingerprint density at radius 3 is 2.10 bits per heavy atom. The minimum Gasteiger partial charge on any atom is -0.306 e. The molecule has 0 radical (unpaired) electrons. The van der Waals surface area contributed by atoms with Crippen LogP contribution in [0.25, 0.3) is 0 Å². The molecule has 1 aliphatic rings. The molecule has 4 nitrogen and oxygen atoms in total. The van der Waals surface area contributed by atoms with Gasteiger partial charge in [0, 0.05) is 6.04 Å². The highest BCUT2D eigenvalue weighted by Crippen LogP contribution is 2.26. The van der Waals surface area contributed by atoms with E-state index in [1.54, 1.807) is 24.3 Å². The Balaban J connectivity index is 1.98. The lowest BCUT2D eigenvalue weighted by Gasteiger charge is -2.32. The van der Waals surface area contributed by atoms with Gasteiger partial charge in [0.05, 0.1) is 11.0 Å². The Hall–Kier alpha value is -0.910. The molecule has 1 aromatic rings. The van der Waals surface area contributed by atoms with Crippen molar-refractivity contribution in [3.63, 3.8) is 0 Å². The topological polar surface area (TPSA) is 46.6 Å². The van der Waals surface area contributed by atoms with E-state index >= 15 is 0 Å². The average Bonchev–Trinajstić information content (AvgIpc) is 2.39. The monoisotopic (exact) mass is 297 g/mol. The fraction of sp³-hybridized carbons (Fsp3) is 0.600. The molecule has 5 heteroatoms. The summed E-state index contributed by atoms with van der Waals surface area (Å²) in [6, 6.07) is 7.34. The third kappa shape index (κ3) is 3.81. The van der Waals surface area contributed by atoms with Crippen LogP contribution in [0.15, 0.2) is 29.2 Å². The van der Waals surface area contributed by atoms with Crippen molar-refractivity contribution in [2.24, 2.45) is 0 Å². The smallest absolute Gasteiger partial charge is 0.297 e. The molecule has 0 saturated heterocycles. The molecular formula is C15H23NO3S. The van der Waals surface area contributed by atoms with Gasteiger partial charge in [0.2, 0.25) is 0 Å². The fourth-order valence-corrected chi connectivity index (χ4v) is 3.73. The van der Waals surface area contributed by atoms with Crippen molar-refractivity contribution in [3.05, 3.63) is 29.8 Å². The summed E-state index contributed by atoms with van der Waals surface area (Å²) >= 11 is 0. The minimum atomic E-state index is -3.63. The second-order valence-corrected chi connectivity index (χ2v) is 7.33. The van der Waals surface area contributed by atoms with Crippen LogP contribution in [0, 0.1) is 6.92 Å². The second kappa shape index (κ2) is 6.24. The third-order valence-corrected chi connectivity index (χ3v) is 5.32. The van der Waals surface area contributed by atoms with Crippen LogP contribution >= 0.6 is 0 Å². The van der Waals surface area contributed by atoms with Gasteiger partial charge < -0.3 is 4.90 Å². The van der Waals surface area contributed by atoms with Crippen LogP contribution in [0.4, 0.5) is 0 Å². The molecule has 112 valence electrons. The van der Waals surface area contributed by atoms with Gasteiger partial charge in [-0.1, -0.05) is 17.7 Å². The zero-order valence-electron chi connectivity index (χ0n) is 12.4. The molecule has 0 aromatic heterocycles. The number of aryl methyl sites for hydroxylation is 1. The number of rotatable bonds is 4. The Bertz CT molecular complexity index is 529. The van der Waals surface area contributed by atoms with Gasteiger partial charge in [-0.05, 0) is 58.8 Å². The Morgan fingerprint density at radius 2 is 1.60 bits per heavy atom. The first-order valence-electron chi connectivity index (χ1n) is 7.05. The zero-order chi connectivity index (χ0) is 14.8. The first kappa shape index (κ1) is 15.5. The average molecular weight is 297 g/mol. The molecule has 1 aromatic carbocycles. The first-order chi connectivity index (χ1) is 9.38. The normalized spacial score (nSPS) is 24.0. The fourth-order valence-electron chi connectivity index (χ4n) is 2.60. The van der Waals surface area contributed by atoms with Gasteiger partial charge in [0.15, 0.2) is 0 Å². The van der Waals surface area contributed by atoms with E-state index in [0.29, 0.717) is 6.04 Å². The number of hydrogen-bond donors (Lipinski definition) is 0. The second-order valence-electron chi connectivity index (χ2n) is 5.76. The van der Waals surface area contributed by atoms with Crippen molar-refractivity contribution in [2.45, 2.75) is 49.6 Å². The largest absolute Gasteiger partial charge is 0.306 e. The maximum Gasteiger partial charge on any atom is 0.297 e. The number of hydrogen-bond acceptors (Lipinski definition) is 4. The van der Waals surface area contributed by atoms with E-state index in [0.717, 1.165) is 31.2 Å². The Morgan fingerprint density at radius 1 is 1.05 bits per heavy atom. The lowest BCUT2D eigenvalue weighted by Crippen LogP contribution is -2.35. The number of nitrogens with zero attached hydrogens (tertiary/aromatic N) is 1. The summed E-state index contributed by atoms with van der Waals surface area (Å²) in [7, 11) is 0.501. The molecule has 0 unspecified atom stereocenters. The molecule has 0 heterocycles. The number of benzene rings is 1. The van der Waals surface area contributed by atoms with Crippen LogP contribution in [0.1, 0.15) is 31.2 Å². The molecule has 20 heavy (non-hydrogen) atoms. The molecule has 1 aliphatic carbocycles. The minimum absolute atomic E-state index is 0.183. The third-order valence-electron chi connectivity index (χ3n) is 3.95. The molecule has 0 aliphatic heterocycles. The highest BCUT2D eigenvalue weighted by molar-refractivity contribution is 7.86. The maximum atomic E-state index is 12.2. The molecule has 0 atom stereocenters. The van der Waals surface area contributed by atoms with Crippen molar-refractivity contribution in [1.29, 1.82) is 0 Å². The van der Waals surface area contributed by atoms with E-state index in [1.165, 1.54) is 0 Å². The van der Waals surface area contributed by atoms with Gasteiger partial charge in [-0.3, -0.25) is 4.18 Å². The van der Waals surface area contributed by atoms with E-state index in [2.05, 4.69) is 19.0 Å². The van der Waals surface area contributed by atoms with E-state index in [1.807, 2.05) is 6.92 Å². The van der Waals surface area contributed by atoms with E-state index in [4.69, 9.17) is 4.18 Å². The molecular weight excluding hydrogens is 274 g/mol. The Labute approximate surface area is 121 Å². The predicted molar refractivity (Wildman–Crippen MR) is 79.2 cm³/mol. The van der Waals surface area contributed by atoms with Gasteiger partial charge in [0.1, 0.15) is 0 Å². The van der Waals surface area contributed by atoms with Crippen LogP contribution in [-0.2, 0) is 14.3 Å². The highest BCUT2D eigenvalue weighted by atomic mass is 32.2. The summed E-state index contributed by atoms with van der Waals surface area (Å²) in [6.45, 7) is 1.93. The molecule has 0 bridgehead atoms. The van der Waals surface area contributed by atoms with E-state index in [9.17, 15) is 8.42 Å². The van der Waals surface area contributed by atoms with Gasteiger partial charge in [-0.25, -0.2) is 0 Å². The Kier molecular flexibility index (Phi) is 4.83.